The van der Waals surface area contributed by atoms with E-state index in [0.29, 0.717) is 0 Å². The zero-order valence-electron chi connectivity index (χ0n) is 34.3. The van der Waals surface area contributed by atoms with Gasteiger partial charge in [-0.1, -0.05) is 152 Å². The Bertz CT molecular complexity index is 3140. The average molecular weight is 794 g/mol. The molecule has 2 aromatic heterocycles. The highest BCUT2D eigenvalue weighted by Gasteiger charge is 2.21. The van der Waals surface area contributed by atoms with Crippen molar-refractivity contribution in [3.8, 4) is 50.3 Å². The second-order valence-electron chi connectivity index (χ2n) is 15.9. The molecule has 0 aliphatic heterocycles. The highest BCUT2D eigenvalue weighted by molar-refractivity contribution is 6.15. The van der Waals surface area contributed by atoms with Gasteiger partial charge in [-0.05, 0) is 131 Å². The summed E-state index contributed by atoms with van der Waals surface area (Å²) in [5.41, 5.74) is 18.6. The maximum atomic E-state index is 4.61. The summed E-state index contributed by atoms with van der Waals surface area (Å²) >= 11 is 0. The Morgan fingerprint density at radius 2 is 1.00 bits per heavy atom. The van der Waals surface area contributed by atoms with Crippen LogP contribution in [0, 0.1) is 0 Å². The van der Waals surface area contributed by atoms with Crippen molar-refractivity contribution >= 4 is 44.4 Å². The Labute approximate surface area is 362 Å². The standard InChI is InChI=1S/C59H43N3/c1-5-15-42(16-6-1)45-24-29-50(30-25-45)61(51-31-26-47(27-32-51)57-23-13-14-38-60-57)52-33-35-53(36-34-52)62-58-41-48(43-17-7-2-8-18-43)28-37-54(58)56-40-49(44-19-9-3-10-20-44)39-55(59(56)62)46-21-11-4-12-22-46/h1-7,9-17,19-41H,8,18H2. The highest BCUT2D eigenvalue weighted by atomic mass is 15.1. The largest absolute Gasteiger partial charge is 0.311 e. The lowest BCUT2D eigenvalue weighted by atomic mass is 9.94. The first-order valence-corrected chi connectivity index (χ1v) is 21.4. The quantitative estimate of drug-likeness (QED) is 0.145. The molecular weight excluding hydrogens is 751 g/mol. The summed E-state index contributed by atoms with van der Waals surface area (Å²) in [4.78, 5) is 6.95. The van der Waals surface area contributed by atoms with E-state index in [4.69, 9.17) is 0 Å². The summed E-state index contributed by atoms with van der Waals surface area (Å²) in [6.07, 6.45) is 10.7. The summed E-state index contributed by atoms with van der Waals surface area (Å²) in [7, 11) is 0. The molecule has 62 heavy (non-hydrogen) atoms. The molecule has 2 heterocycles. The minimum Gasteiger partial charge on any atom is -0.311 e. The van der Waals surface area contributed by atoms with E-state index in [9.17, 15) is 0 Å². The van der Waals surface area contributed by atoms with Crippen LogP contribution in [0.2, 0.25) is 0 Å². The Balaban J connectivity index is 1.09. The topological polar surface area (TPSA) is 21.1 Å². The van der Waals surface area contributed by atoms with Crippen molar-refractivity contribution in [2.24, 2.45) is 0 Å². The van der Waals surface area contributed by atoms with Gasteiger partial charge in [-0.25, -0.2) is 0 Å². The van der Waals surface area contributed by atoms with Gasteiger partial charge in [0.1, 0.15) is 0 Å². The van der Waals surface area contributed by atoms with Crippen LogP contribution in [-0.2, 0) is 0 Å². The fourth-order valence-electron chi connectivity index (χ4n) is 9.04. The number of benzene rings is 8. The van der Waals surface area contributed by atoms with Crippen LogP contribution in [0.15, 0.2) is 237 Å². The van der Waals surface area contributed by atoms with E-state index in [1.807, 2.05) is 18.3 Å². The smallest absolute Gasteiger partial charge is 0.0701 e. The van der Waals surface area contributed by atoms with Crippen LogP contribution in [0.3, 0.4) is 0 Å². The second kappa shape index (κ2) is 16.2. The maximum absolute atomic E-state index is 4.61. The highest BCUT2D eigenvalue weighted by Crippen LogP contribution is 2.43. The molecule has 1 aliphatic carbocycles. The summed E-state index contributed by atoms with van der Waals surface area (Å²) in [6, 6.07) is 76.8. The molecule has 0 unspecified atom stereocenters. The van der Waals surface area contributed by atoms with E-state index in [0.717, 1.165) is 46.8 Å². The summed E-state index contributed by atoms with van der Waals surface area (Å²) in [6.45, 7) is 0. The monoisotopic (exact) mass is 793 g/mol. The van der Waals surface area contributed by atoms with Gasteiger partial charge in [-0.2, -0.15) is 0 Å². The van der Waals surface area contributed by atoms with Gasteiger partial charge in [0.15, 0.2) is 0 Å². The lowest BCUT2D eigenvalue weighted by Gasteiger charge is -2.26. The number of hydrogen-bond donors (Lipinski definition) is 0. The first-order chi connectivity index (χ1) is 30.7. The van der Waals surface area contributed by atoms with Crippen LogP contribution in [0.25, 0.3) is 77.7 Å². The van der Waals surface area contributed by atoms with E-state index >= 15 is 0 Å². The van der Waals surface area contributed by atoms with Gasteiger partial charge in [0.05, 0.1) is 16.7 Å². The fraction of sp³-hybridized carbons (Fsp3) is 0.0339. The summed E-state index contributed by atoms with van der Waals surface area (Å²) < 4.78 is 2.49. The average Bonchev–Trinajstić information content (AvgIpc) is 3.69. The van der Waals surface area contributed by atoms with Crippen molar-refractivity contribution in [3.63, 3.8) is 0 Å². The van der Waals surface area contributed by atoms with E-state index in [-0.39, 0.29) is 0 Å². The minimum atomic E-state index is 0.957. The zero-order chi connectivity index (χ0) is 41.2. The molecule has 10 aromatic rings. The fourth-order valence-corrected chi connectivity index (χ4v) is 9.04. The number of rotatable bonds is 9. The Kier molecular flexibility index (Phi) is 9.68. The van der Waals surface area contributed by atoms with E-state index in [1.165, 1.54) is 66.3 Å². The molecule has 0 saturated heterocycles. The number of fused-ring (bicyclic) bond motifs is 3. The third-order valence-corrected chi connectivity index (χ3v) is 12.1. The van der Waals surface area contributed by atoms with E-state index < -0.39 is 0 Å². The van der Waals surface area contributed by atoms with Crippen LogP contribution in [0.5, 0.6) is 0 Å². The van der Waals surface area contributed by atoms with E-state index in [2.05, 4.69) is 233 Å². The molecule has 0 fully saturated rings. The number of allylic oxidation sites excluding steroid dienone is 4. The predicted octanol–water partition coefficient (Wildman–Crippen LogP) is 16.0. The van der Waals surface area contributed by atoms with Crippen molar-refractivity contribution < 1.29 is 0 Å². The number of aromatic nitrogens is 2. The summed E-state index contributed by atoms with van der Waals surface area (Å²) in [5.74, 6) is 0. The van der Waals surface area contributed by atoms with E-state index in [1.54, 1.807) is 0 Å². The Morgan fingerprint density at radius 3 is 1.61 bits per heavy atom. The molecule has 1 aliphatic rings. The predicted molar refractivity (Wildman–Crippen MR) is 261 cm³/mol. The first kappa shape index (κ1) is 37.0. The molecule has 294 valence electrons. The normalized spacial score (nSPS) is 12.4. The summed E-state index contributed by atoms with van der Waals surface area (Å²) in [5, 5.41) is 2.48. The molecule has 3 nitrogen and oxygen atoms in total. The number of pyridine rings is 1. The van der Waals surface area contributed by atoms with Gasteiger partial charge in [0, 0.05) is 50.8 Å². The molecule has 8 aromatic carbocycles. The minimum absolute atomic E-state index is 0.957. The first-order valence-electron chi connectivity index (χ1n) is 21.4. The molecular formula is C59H43N3. The van der Waals surface area contributed by atoms with Crippen molar-refractivity contribution in [1.29, 1.82) is 0 Å². The van der Waals surface area contributed by atoms with Gasteiger partial charge in [-0.15, -0.1) is 0 Å². The van der Waals surface area contributed by atoms with Gasteiger partial charge in [-0.3, -0.25) is 4.98 Å². The third kappa shape index (κ3) is 7.00. The van der Waals surface area contributed by atoms with Crippen molar-refractivity contribution in [3.05, 3.63) is 242 Å². The van der Waals surface area contributed by atoms with Gasteiger partial charge < -0.3 is 9.47 Å². The molecule has 0 amide bonds. The van der Waals surface area contributed by atoms with Crippen LogP contribution < -0.4 is 4.90 Å². The molecule has 11 rings (SSSR count). The molecule has 0 atom stereocenters. The van der Waals surface area contributed by atoms with Gasteiger partial charge >= 0.3 is 0 Å². The van der Waals surface area contributed by atoms with Crippen LogP contribution in [0.4, 0.5) is 17.1 Å². The third-order valence-electron chi connectivity index (χ3n) is 12.1. The SMILES string of the molecule is C1=CCCC(c2ccc3c4cc(-c5ccccc5)cc(-c5ccccc5)c4n(-c4ccc(N(c5ccc(-c6ccccc6)cc5)c5ccc(-c6ccccn6)cc5)cc4)c3c2)=C1. The molecule has 0 saturated carbocycles. The zero-order valence-corrected chi connectivity index (χ0v) is 34.3. The molecule has 0 spiro atoms. The van der Waals surface area contributed by atoms with Gasteiger partial charge in [0.25, 0.3) is 0 Å². The maximum Gasteiger partial charge on any atom is 0.0701 e. The van der Waals surface area contributed by atoms with Crippen molar-refractivity contribution in [1.82, 2.24) is 9.55 Å². The van der Waals surface area contributed by atoms with Crippen LogP contribution in [0.1, 0.15) is 18.4 Å². The number of hydrogen-bond acceptors (Lipinski definition) is 2. The van der Waals surface area contributed by atoms with Crippen LogP contribution >= 0.6 is 0 Å². The second-order valence-corrected chi connectivity index (χ2v) is 15.9. The molecule has 0 bridgehead atoms. The number of anilines is 3. The molecule has 3 heteroatoms. The Morgan fingerprint density at radius 1 is 0.435 bits per heavy atom. The lowest BCUT2D eigenvalue weighted by molar-refractivity contribution is 1.05. The van der Waals surface area contributed by atoms with Crippen LogP contribution in [-0.4, -0.2) is 9.55 Å². The molecule has 0 N–H and O–H groups in total. The number of nitrogens with zero attached hydrogens (tertiary/aromatic N) is 3. The lowest BCUT2D eigenvalue weighted by Crippen LogP contribution is -2.10. The Hall–Kier alpha value is -8.01. The van der Waals surface area contributed by atoms with Crippen molar-refractivity contribution in [2.75, 3.05) is 4.90 Å². The molecule has 0 radical (unpaired) electrons. The van der Waals surface area contributed by atoms with Gasteiger partial charge in [0.2, 0.25) is 0 Å². The van der Waals surface area contributed by atoms with Crippen molar-refractivity contribution in [2.45, 2.75) is 12.8 Å².